The molecule has 0 saturated carbocycles. The van der Waals surface area contributed by atoms with E-state index in [0.29, 0.717) is 5.92 Å². The van der Waals surface area contributed by atoms with Crippen LogP contribution in [0.4, 0.5) is 0 Å². The van der Waals surface area contributed by atoms with Crippen LogP contribution in [0, 0.1) is 5.92 Å². The molecule has 3 heteroatoms. The fourth-order valence-electron chi connectivity index (χ4n) is 2.53. The number of aliphatic hydroxyl groups is 1. The third-order valence-corrected chi connectivity index (χ3v) is 4.09. The fourth-order valence-corrected chi connectivity index (χ4v) is 2.98. The van der Waals surface area contributed by atoms with Crippen LogP contribution in [-0.2, 0) is 6.54 Å². The maximum absolute atomic E-state index is 9.86. The number of nitrogens with zero attached hydrogens (tertiary/aromatic N) is 1. The number of halogens is 1. The zero-order valence-corrected chi connectivity index (χ0v) is 11.9. The maximum Gasteiger partial charge on any atom is 0.0592 e. The Morgan fingerprint density at radius 2 is 2.29 bits per heavy atom. The molecule has 0 aromatic heterocycles. The number of benzene rings is 1. The standard InChI is InChI=1S/C14H20BrNO/c1-2-12-10-16(7-6-14(12)17)9-11-4-3-5-13(15)8-11/h3-5,8,12,14,17H,2,6-7,9-10H2,1H3. The average molecular weight is 298 g/mol. The van der Waals surface area contributed by atoms with Gasteiger partial charge in [0.25, 0.3) is 0 Å². The van der Waals surface area contributed by atoms with Gasteiger partial charge in [-0.1, -0.05) is 35.0 Å². The molecule has 1 fully saturated rings. The van der Waals surface area contributed by atoms with Crippen LogP contribution in [0.15, 0.2) is 28.7 Å². The number of hydrogen-bond donors (Lipinski definition) is 1. The van der Waals surface area contributed by atoms with Crippen LogP contribution in [-0.4, -0.2) is 29.2 Å². The summed E-state index contributed by atoms with van der Waals surface area (Å²) in [6.45, 7) is 5.17. The van der Waals surface area contributed by atoms with Gasteiger partial charge in [-0.15, -0.1) is 0 Å². The molecule has 0 radical (unpaired) electrons. The third-order valence-electron chi connectivity index (χ3n) is 3.60. The first kappa shape index (κ1) is 13.1. The Bertz CT molecular complexity index is 369. The van der Waals surface area contributed by atoms with Gasteiger partial charge in [0.2, 0.25) is 0 Å². The van der Waals surface area contributed by atoms with Crippen LogP contribution < -0.4 is 0 Å². The van der Waals surface area contributed by atoms with E-state index in [-0.39, 0.29) is 6.10 Å². The second-order valence-corrected chi connectivity index (χ2v) is 5.81. The number of likely N-dealkylation sites (tertiary alicyclic amines) is 1. The zero-order valence-electron chi connectivity index (χ0n) is 10.3. The van der Waals surface area contributed by atoms with E-state index < -0.39 is 0 Å². The van der Waals surface area contributed by atoms with Gasteiger partial charge in [0.15, 0.2) is 0 Å². The van der Waals surface area contributed by atoms with Crippen molar-refractivity contribution in [1.82, 2.24) is 4.90 Å². The molecule has 2 atom stereocenters. The monoisotopic (exact) mass is 297 g/mol. The highest BCUT2D eigenvalue weighted by atomic mass is 79.9. The molecule has 0 amide bonds. The SMILES string of the molecule is CCC1CN(Cc2cccc(Br)c2)CCC1O. The van der Waals surface area contributed by atoms with Gasteiger partial charge < -0.3 is 5.11 Å². The first-order valence-corrected chi connectivity index (χ1v) is 7.13. The minimum absolute atomic E-state index is 0.0984. The predicted octanol–water partition coefficient (Wildman–Crippen LogP) is 3.04. The van der Waals surface area contributed by atoms with Gasteiger partial charge in [0, 0.05) is 24.1 Å². The second-order valence-electron chi connectivity index (χ2n) is 4.89. The van der Waals surface area contributed by atoms with Crippen molar-refractivity contribution in [3.63, 3.8) is 0 Å². The lowest BCUT2D eigenvalue weighted by Crippen LogP contribution is -2.42. The van der Waals surface area contributed by atoms with Crippen molar-refractivity contribution in [3.05, 3.63) is 34.3 Å². The molecule has 1 saturated heterocycles. The maximum atomic E-state index is 9.86. The van der Waals surface area contributed by atoms with Gasteiger partial charge in [-0.2, -0.15) is 0 Å². The van der Waals surface area contributed by atoms with Crippen molar-refractivity contribution in [1.29, 1.82) is 0 Å². The number of rotatable bonds is 3. The summed E-state index contributed by atoms with van der Waals surface area (Å²) < 4.78 is 1.14. The molecule has 2 nitrogen and oxygen atoms in total. The molecular formula is C14H20BrNO. The molecule has 94 valence electrons. The van der Waals surface area contributed by atoms with Crippen molar-refractivity contribution in [2.75, 3.05) is 13.1 Å². The molecule has 1 N–H and O–H groups in total. The summed E-state index contributed by atoms with van der Waals surface area (Å²) in [5, 5.41) is 9.86. The number of aliphatic hydroxyl groups excluding tert-OH is 1. The van der Waals surface area contributed by atoms with E-state index in [1.165, 1.54) is 5.56 Å². The van der Waals surface area contributed by atoms with Crippen molar-refractivity contribution < 1.29 is 5.11 Å². The highest BCUT2D eigenvalue weighted by molar-refractivity contribution is 9.10. The molecule has 1 aliphatic heterocycles. The average Bonchev–Trinajstić information content (AvgIpc) is 2.32. The van der Waals surface area contributed by atoms with E-state index >= 15 is 0 Å². The first-order chi connectivity index (χ1) is 8.19. The van der Waals surface area contributed by atoms with E-state index in [1.807, 2.05) is 0 Å². The highest BCUT2D eigenvalue weighted by Gasteiger charge is 2.26. The van der Waals surface area contributed by atoms with E-state index in [2.05, 4.69) is 52.0 Å². The third kappa shape index (κ3) is 3.54. The number of piperidine rings is 1. The number of hydrogen-bond acceptors (Lipinski definition) is 2. The summed E-state index contributed by atoms with van der Waals surface area (Å²) in [6.07, 6.45) is 1.88. The predicted molar refractivity (Wildman–Crippen MR) is 73.8 cm³/mol. The van der Waals surface area contributed by atoms with E-state index in [1.54, 1.807) is 0 Å². The van der Waals surface area contributed by atoms with Crippen molar-refractivity contribution in [2.45, 2.75) is 32.4 Å². The molecule has 2 unspecified atom stereocenters. The smallest absolute Gasteiger partial charge is 0.0592 e. The van der Waals surface area contributed by atoms with Gasteiger partial charge in [0.1, 0.15) is 0 Å². The lowest BCUT2D eigenvalue weighted by molar-refractivity contribution is 0.0222. The van der Waals surface area contributed by atoms with Crippen molar-refractivity contribution in [2.24, 2.45) is 5.92 Å². The highest BCUT2D eigenvalue weighted by Crippen LogP contribution is 2.22. The van der Waals surface area contributed by atoms with Gasteiger partial charge in [-0.05, 0) is 36.5 Å². The van der Waals surface area contributed by atoms with E-state index in [4.69, 9.17) is 0 Å². The molecule has 0 spiro atoms. The Labute approximate surface area is 112 Å². The molecular weight excluding hydrogens is 278 g/mol. The Morgan fingerprint density at radius 1 is 1.47 bits per heavy atom. The van der Waals surface area contributed by atoms with Crippen molar-refractivity contribution >= 4 is 15.9 Å². The van der Waals surface area contributed by atoms with Crippen LogP contribution in [0.3, 0.4) is 0 Å². The van der Waals surface area contributed by atoms with Crippen LogP contribution in [0.2, 0.25) is 0 Å². The topological polar surface area (TPSA) is 23.5 Å². The van der Waals surface area contributed by atoms with Gasteiger partial charge >= 0.3 is 0 Å². The van der Waals surface area contributed by atoms with Crippen LogP contribution in [0.5, 0.6) is 0 Å². The first-order valence-electron chi connectivity index (χ1n) is 6.34. The van der Waals surface area contributed by atoms with Gasteiger partial charge in [-0.3, -0.25) is 4.90 Å². The molecule has 1 aromatic rings. The minimum atomic E-state index is -0.0984. The van der Waals surface area contributed by atoms with Gasteiger partial charge in [0.05, 0.1) is 6.10 Å². The molecule has 0 aliphatic carbocycles. The molecule has 0 bridgehead atoms. The molecule has 1 heterocycles. The molecule has 17 heavy (non-hydrogen) atoms. The fraction of sp³-hybridized carbons (Fsp3) is 0.571. The quantitative estimate of drug-likeness (QED) is 0.927. The Balaban J connectivity index is 1.95. The van der Waals surface area contributed by atoms with Crippen molar-refractivity contribution in [3.8, 4) is 0 Å². The van der Waals surface area contributed by atoms with Crippen LogP contribution >= 0.6 is 15.9 Å². The lowest BCUT2D eigenvalue weighted by Gasteiger charge is -2.35. The Kier molecular flexibility index (Phi) is 4.60. The van der Waals surface area contributed by atoms with Crippen LogP contribution in [0.25, 0.3) is 0 Å². The van der Waals surface area contributed by atoms with E-state index in [0.717, 1.165) is 36.9 Å². The normalized spacial score (nSPS) is 26.1. The molecule has 1 aromatic carbocycles. The van der Waals surface area contributed by atoms with Crippen LogP contribution in [0.1, 0.15) is 25.3 Å². The summed E-state index contributed by atoms with van der Waals surface area (Å²) in [5.74, 6) is 0.441. The molecule has 2 rings (SSSR count). The van der Waals surface area contributed by atoms with E-state index in [9.17, 15) is 5.11 Å². The largest absolute Gasteiger partial charge is 0.393 e. The summed E-state index contributed by atoms with van der Waals surface area (Å²) in [6, 6.07) is 8.47. The minimum Gasteiger partial charge on any atom is -0.393 e. The van der Waals surface area contributed by atoms with Gasteiger partial charge in [-0.25, -0.2) is 0 Å². The summed E-state index contributed by atoms with van der Waals surface area (Å²) in [7, 11) is 0. The lowest BCUT2D eigenvalue weighted by atomic mass is 9.92. The Morgan fingerprint density at radius 3 is 3.00 bits per heavy atom. The summed E-state index contributed by atoms with van der Waals surface area (Å²) >= 11 is 3.50. The summed E-state index contributed by atoms with van der Waals surface area (Å²) in [4.78, 5) is 2.45. The Hall–Kier alpha value is -0.380. The molecule has 1 aliphatic rings. The zero-order chi connectivity index (χ0) is 12.3. The summed E-state index contributed by atoms with van der Waals surface area (Å²) in [5.41, 5.74) is 1.34. The second kappa shape index (κ2) is 5.98.